The van der Waals surface area contributed by atoms with Crippen molar-refractivity contribution < 1.29 is 27.5 Å². The van der Waals surface area contributed by atoms with Gasteiger partial charge in [0.05, 0.1) is 16.8 Å². The van der Waals surface area contributed by atoms with Crippen molar-refractivity contribution in [1.29, 1.82) is 0 Å². The Bertz CT molecular complexity index is 1110. The summed E-state index contributed by atoms with van der Waals surface area (Å²) in [6, 6.07) is 11.1. The first-order valence-corrected chi connectivity index (χ1v) is 9.38. The summed E-state index contributed by atoms with van der Waals surface area (Å²) in [5.41, 5.74) is -0.186. The van der Waals surface area contributed by atoms with E-state index >= 15 is 0 Å². The van der Waals surface area contributed by atoms with E-state index in [0.29, 0.717) is 11.3 Å². The van der Waals surface area contributed by atoms with Gasteiger partial charge in [0.25, 0.3) is 5.91 Å². The van der Waals surface area contributed by atoms with Crippen LogP contribution in [-0.2, 0) is 22.8 Å². The van der Waals surface area contributed by atoms with E-state index in [1.54, 1.807) is 44.3 Å². The lowest BCUT2D eigenvalue weighted by Crippen LogP contribution is -2.26. The molecule has 1 heterocycles. The Labute approximate surface area is 180 Å². The molecule has 0 radical (unpaired) electrons. The van der Waals surface area contributed by atoms with E-state index < -0.39 is 34.7 Å². The standard InChI is InChI=1S/C21H17ClF3N3O3/c1-12-15(11-26-28(12)2)20(30)31-18(13-6-4-3-5-7-13)19(29)27-14-8-9-17(22)16(10-14)21(23,24)25/h3-11,18H,1-2H3,(H,27,29)/t18-/m1/s1. The summed E-state index contributed by atoms with van der Waals surface area (Å²) in [6.45, 7) is 1.66. The summed E-state index contributed by atoms with van der Waals surface area (Å²) < 4.78 is 46.2. The van der Waals surface area contributed by atoms with Crippen LogP contribution in [0.25, 0.3) is 0 Å². The fraction of sp³-hybridized carbons (Fsp3) is 0.190. The quantitative estimate of drug-likeness (QED) is 0.558. The van der Waals surface area contributed by atoms with Crippen molar-refractivity contribution in [3.63, 3.8) is 0 Å². The number of nitrogens with zero attached hydrogens (tertiary/aromatic N) is 2. The molecule has 0 aliphatic rings. The zero-order valence-corrected chi connectivity index (χ0v) is 17.2. The van der Waals surface area contributed by atoms with Gasteiger partial charge >= 0.3 is 12.1 Å². The Morgan fingerprint density at radius 1 is 1.16 bits per heavy atom. The SMILES string of the molecule is Cc1c(C(=O)O[C@@H](C(=O)Nc2ccc(Cl)c(C(F)(F)F)c2)c2ccccc2)cnn1C. The van der Waals surface area contributed by atoms with Crippen LogP contribution in [0, 0.1) is 6.92 Å². The maximum atomic E-state index is 13.1. The van der Waals surface area contributed by atoms with Crippen molar-refractivity contribution in [2.45, 2.75) is 19.2 Å². The van der Waals surface area contributed by atoms with Crippen LogP contribution in [0.2, 0.25) is 5.02 Å². The minimum absolute atomic E-state index is 0.142. The predicted octanol–water partition coefficient (Wildman–Crippen LogP) is 4.94. The normalized spacial score (nSPS) is 12.3. The maximum absolute atomic E-state index is 13.1. The summed E-state index contributed by atoms with van der Waals surface area (Å²) in [5.74, 6) is -1.61. The Hall–Kier alpha value is -3.33. The molecule has 0 aliphatic carbocycles. The van der Waals surface area contributed by atoms with Gasteiger partial charge in [0.2, 0.25) is 6.10 Å². The molecule has 6 nitrogen and oxygen atoms in total. The second-order valence-electron chi connectivity index (χ2n) is 6.64. The average molecular weight is 452 g/mol. The van der Waals surface area contributed by atoms with Gasteiger partial charge in [-0.1, -0.05) is 41.9 Å². The van der Waals surface area contributed by atoms with E-state index in [-0.39, 0.29) is 11.3 Å². The van der Waals surface area contributed by atoms with Gasteiger partial charge in [0.1, 0.15) is 5.56 Å². The van der Waals surface area contributed by atoms with E-state index in [4.69, 9.17) is 16.3 Å². The van der Waals surface area contributed by atoms with Crippen molar-refractivity contribution >= 4 is 29.2 Å². The van der Waals surface area contributed by atoms with E-state index in [9.17, 15) is 22.8 Å². The number of hydrogen-bond acceptors (Lipinski definition) is 4. The topological polar surface area (TPSA) is 73.2 Å². The number of hydrogen-bond donors (Lipinski definition) is 1. The number of rotatable bonds is 5. The van der Waals surface area contributed by atoms with Gasteiger partial charge in [0.15, 0.2) is 0 Å². The van der Waals surface area contributed by atoms with Crippen LogP contribution in [0.4, 0.5) is 18.9 Å². The zero-order valence-electron chi connectivity index (χ0n) is 16.4. The Balaban J connectivity index is 1.89. The fourth-order valence-corrected chi connectivity index (χ4v) is 3.02. The van der Waals surface area contributed by atoms with Gasteiger partial charge in [-0.3, -0.25) is 9.48 Å². The second-order valence-corrected chi connectivity index (χ2v) is 7.05. The monoisotopic (exact) mass is 451 g/mol. The molecular weight excluding hydrogens is 435 g/mol. The van der Waals surface area contributed by atoms with Crippen molar-refractivity contribution in [3.8, 4) is 0 Å². The molecule has 0 aliphatic heterocycles. The number of aryl methyl sites for hydroxylation is 1. The minimum atomic E-state index is -4.69. The molecule has 3 rings (SSSR count). The van der Waals surface area contributed by atoms with E-state index in [2.05, 4.69) is 10.4 Å². The van der Waals surface area contributed by atoms with E-state index in [1.165, 1.54) is 16.9 Å². The smallest absolute Gasteiger partial charge is 0.417 e. The van der Waals surface area contributed by atoms with Crippen LogP contribution >= 0.6 is 11.6 Å². The van der Waals surface area contributed by atoms with Crippen molar-refractivity contribution in [3.05, 3.63) is 82.1 Å². The Kier molecular flexibility index (Phi) is 6.35. The number of carbonyl (C=O) groups excluding carboxylic acids is 2. The molecule has 2 aromatic carbocycles. The number of carbonyl (C=O) groups is 2. The molecule has 1 atom stereocenters. The third-order valence-electron chi connectivity index (χ3n) is 4.56. The maximum Gasteiger partial charge on any atom is 0.417 e. The molecule has 0 fully saturated rings. The Morgan fingerprint density at radius 2 is 1.84 bits per heavy atom. The van der Waals surface area contributed by atoms with Gasteiger partial charge < -0.3 is 10.1 Å². The number of anilines is 1. The lowest BCUT2D eigenvalue weighted by Gasteiger charge is -2.19. The molecule has 1 amide bonds. The molecule has 0 saturated carbocycles. The Morgan fingerprint density at radius 3 is 2.42 bits per heavy atom. The number of alkyl halides is 3. The lowest BCUT2D eigenvalue weighted by atomic mass is 10.1. The highest BCUT2D eigenvalue weighted by Gasteiger charge is 2.34. The highest BCUT2D eigenvalue weighted by molar-refractivity contribution is 6.31. The lowest BCUT2D eigenvalue weighted by molar-refractivity contribution is -0.137. The zero-order chi connectivity index (χ0) is 22.8. The largest absolute Gasteiger partial charge is 0.444 e. The molecule has 0 spiro atoms. The van der Waals surface area contributed by atoms with Gasteiger partial charge in [0, 0.05) is 24.0 Å². The van der Waals surface area contributed by atoms with Crippen LogP contribution in [0.15, 0.2) is 54.7 Å². The van der Waals surface area contributed by atoms with Gasteiger partial charge in [-0.25, -0.2) is 4.79 Å². The highest BCUT2D eigenvalue weighted by Crippen LogP contribution is 2.36. The molecule has 0 bridgehead atoms. The highest BCUT2D eigenvalue weighted by atomic mass is 35.5. The van der Waals surface area contributed by atoms with Gasteiger partial charge in [-0.15, -0.1) is 0 Å². The molecular formula is C21H17ClF3N3O3. The molecule has 1 aromatic heterocycles. The molecule has 31 heavy (non-hydrogen) atoms. The first-order chi connectivity index (χ1) is 14.6. The van der Waals surface area contributed by atoms with E-state index in [0.717, 1.165) is 12.1 Å². The third-order valence-corrected chi connectivity index (χ3v) is 4.89. The third kappa shape index (κ3) is 5.05. The minimum Gasteiger partial charge on any atom is -0.444 e. The molecule has 1 N–H and O–H groups in total. The first-order valence-electron chi connectivity index (χ1n) is 9.00. The van der Waals surface area contributed by atoms with Crippen molar-refractivity contribution in [2.75, 3.05) is 5.32 Å². The van der Waals surface area contributed by atoms with Gasteiger partial charge in [-0.2, -0.15) is 18.3 Å². The average Bonchev–Trinajstić information content (AvgIpc) is 3.06. The predicted molar refractivity (Wildman–Crippen MR) is 108 cm³/mol. The van der Waals surface area contributed by atoms with Crippen molar-refractivity contribution in [1.82, 2.24) is 9.78 Å². The number of benzene rings is 2. The van der Waals surface area contributed by atoms with Crippen LogP contribution < -0.4 is 5.32 Å². The molecule has 0 saturated heterocycles. The molecule has 10 heteroatoms. The number of nitrogens with one attached hydrogen (secondary N) is 1. The van der Waals surface area contributed by atoms with Crippen LogP contribution in [0.5, 0.6) is 0 Å². The van der Waals surface area contributed by atoms with E-state index in [1.807, 2.05) is 0 Å². The number of esters is 1. The molecule has 0 unspecified atom stereocenters. The van der Waals surface area contributed by atoms with Crippen molar-refractivity contribution in [2.24, 2.45) is 7.05 Å². The summed E-state index contributed by atoms with van der Waals surface area (Å²) >= 11 is 5.62. The summed E-state index contributed by atoms with van der Waals surface area (Å²) in [5, 5.41) is 5.83. The number of amides is 1. The van der Waals surface area contributed by atoms with Crippen LogP contribution in [-0.4, -0.2) is 21.7 Å². The molecule has 3 aromatic rings. The summed E-state index contributed by atoms with van der Waals surface area (Å²) in [6.07, 6.45) is -4.79. The summed E-state index contributed by atoms with van der Waals surface area (Å²) in [4.78, 5) is 25.5. The first kappa shape index (κ1) is 22.4. The second kappa shape index (κ2) is 8.81. The number of aromatic nitrogens is 2. The fourth-order valence-electron chi connectivity index (χ4n) is 2.80. The van der Waals surface area contributed by atoms with Crippen LogP contribution in [0.3, 0.4) is 0 Å². The number of ether oxygens (including phenoxy) is 1. The number of halogens is 4. The van der Waals surface area contributed by atoms with Gasteiger partial charge in [-0.05, 0) is 25.1 Å². The summed E-state index contributed by atoms with van der Waals surface area (Å²) in [7, 11) is 1.65. The van der Waals surface area contributed by atoms with Crippen LogP contribution in [0.1, 0.15) is 33.3 Å². The molecule has 162 valence electrons.